The SMILES string of the molecule is CCCCC=C[C@@H](NC(=O)c1ccco1)c1ccccc1. The second kappa shape index (κ2) is 8.10. The van der Waals surface area contributed by atoms with E-state index in [1.807, 2.05) is 36.4 Å². The predicted octanol–water partition coefficient (Wildman–Crippen LogP) is 4.50. The third-order valence-electron chi connectivity index (χ3n) is 3.24. The lowest BCUT2D eigenvalue weighted by Crippen LogP contribution is -2.27. The molecule has 110 valence electrons. The molecule has 0 saturated heterocycles. The molecule has 2 aromatic rings. The van der Waals surface area contributed by atoms with Gasteiger partial charge in [0.25, 0.3) is 5.91 Å². The Morgan fingerprint density at radius 1 is 1.24 bits per heavy atom. The van der Waals surface area contributed by atoms with Gasteiger partial charge in [0, 0.05) is 0 Å². The molecule has 2 rings (SSSR count). The molecule has 21 heavy (non-hydrogen) atoms. The largest absolute Gasteiger partial charge is 0.459 e. The standard InChI is InChI=1S/C18H21NO2/c1-2-3-4-8-12-16(15-10-6-5-7-11-15)19-18(20)17-13-9-14-21-17/h5-14,16H,2-4H2,1H3,(H,19,20)/t16-/m1/s1. The third-order valence-corrected chi connectivity index (χ3v) is 3.24. The molecule has 0 aliphatic carbocycles. The Morgan fingerprint density at radius 2 is 2.05 bits per heavy atom. The second-order valence-electron chi connectivity index (χ2n) is 4.91. The van der Waals surface area contributed by atoms with E-state index in [2.05, 4.69) is 18.3 Å². The quantitative estimate of drug-likeness (QED) is 0.600. The molecule has 1 aromatic carbocycles. The van der Waals surface area contributed by atoms with Gasteiger partial charge >= 0.3 is 0 Å². The molecular formula is C18H21NO2. The number of carbonyl (C=O) groups excluding carboxylic acids is 1. The molecule has 1 heterocycles. The fourth-order valence-electron chi connectivity index (χ4n) is 2.08. The monoisotopic (exact) mass is 283 g/mol. The summed E-state index contributed by atoms with van der Waals surface area (Å²) in [5.74, 6) is 0.131. The maximum absolute atomic E-state index is 12.1. The van der Waals surface area contributed by atoms with Gasteiger partial charge in [-0.3, -0.25) is 4.79 Å². The van der Waals surface area contributed by atoms with Gasteiger partial charge in [0.2, 0.25) is 0 Å². The van der Waals surface area contributed by atoms with Crippen molar-refractivity contribution in [3.63, 3.8) is 0 Å². The Balaban J connectivity index is 2.08. The van der Waals surface area contributed by atoms with Gasteiger partial charge in [-0.25, -0.2) is 0 Å². The summed E-state index contributed by atoms with van der Waals surface area (Å²) in [6.07, 6.45) is 9.03. The Labute approximate surface area is 125 Å². The van der Waals surface area contributed by atoms with E-state index in [1.54, 1.807) is 12.1 Å². The number of furan rings is 1. The normalized spacial score (nSPS) is 12.4. The van der Waals surface area contributed by atoms with Gasteiger partial charge in [-0.1, -0.05) is 62.2 Å². The molecule has 0 spiro atoms. The first-order valence-electron chi connectivity index (χ1n) is 7.37. The van der Waals surface area contributed by atoms with Crippen molar-refractivity contribution >= 4 is 5.91 Å². The minimum absolute atomic E-state index is 0.138. The van der Waals surface area contributed by atoms with Crippen molar-refractivity contribution < 1.29 is 9.21 Å². The summed E-state index contributed by atoms with van der Waals surface area (Å²) in [6.45, 7) is 2.17. The number of rotatable bonds is 7. The summed E-state index contributed by atoms with van der Waals surface area (Å²) in [5.41, 5.74) is 1.06. The van der Waals surface area contributed by atoms with E-state index in [4.69, 9.17) is 4.42 Å². The zero-order valence-electron chi connectivity index (χ0n) is 12.3. The Bertz CT molecular complexity index is 558. The fraction of sp³-hybridized carbons (Fsp3) is 0.278. The average molecular weight is 283 g/mol. The smallest absolute Gasteiger partial charge is 0.287 e. The number of amides is 1. The summed E-state index contributed by atoms with van der Waals surface area (Å²) in [6, 6.07) is 13.2. The third kappa shape index (κ3) is 4.63. The van der Waals surface area contributed by atoms with Gasteiger partial charge in [-0.15, -0.1) is 0 Å². The summed E-state index contributed by atoms with van der Waals surface area (Å²) < 4.78 is 5.14. The molecule has 3 heteroatoms. The van der Waals surface area contributed by atoms with E-state index in [0.717, 1.165) is 18.4 Å². The topological polar surface area (TPSA) is 42.2 Å². The van der Waals surface area contributed by atoms with E-state index >= 15 is 0 Å². The van der Waals surface area contributed by atoms with Crippen LogP contribution in [0, 0.1) is 0 Å². The van der Waals surface area contributed by atoms with Crippen LogP contribution in [0.15, 0.2) is 65.3 Å². The van der Waals surface area contributed by atoms with Crippen molar-refractivity contribution in [1.82, 2.24) is 5.32 Å². The Kier molecular flexibility index (Phi) is 5.83. The van der Waals surface area contributed by atoms with Gasteiger partial charge in [-0.05, 0) is 24.1 Å². The lowest BCUT2D eigenvalue weighted by atomic mass is 10.1. The van der Waals surface area contributed by atoms with Crippen LogP contribution in [0.2, 0.25) is 0 Å². The fourth-order valence-corrected chi connectivity index (χ4v) is 2.08. The summed E-state index contributed by atoms with van der Waals surface area (Å²) >= 11 is 0. The number of unbranched alkanes of at least 4 members (excludes halogenated alkanes) is 2. The van der Waals surface area contributed by atoms with Crippen LogP contribution >= 0.6 is 0 Å². The summed E-state index contributed by atoms with van der Waals surface area (Å²) in [5, 5.41) is 2.99. The lowest BCUT2D eigenvalue weighted by Gasteiger charge is -2.15. The molecule has 0 saturated carbocycles. The number of hydrogen-bond acceptors (Lipinski definition) is 2. The molecule has 0 unspecified atom stereocenters. The molecule has 1 amide bonds. The van der Waals surface area contributed by atoms with Crippen molar-refractivity contribution in [3.8, 4) is 0 Å². The highest BCUT2D eigenvalue weighted by atomic mass is 16.3. The number of hydrogen-bond donors (Lipinski definition) is 1. The minimum Gasteiger partial charge on any atom is -0.459 e. The Morgan fingerprint density at radius 3 is 2.71 bits per heavy atom. The minimum atomic E-state index is -0.200. The van der Waals surface area contributed by atoms with E-state index < -0.39 is 0 Å². The molecule has 0 aliphatic rings. The van der Waals surface area contributed by atoms with E-state index in [0.29, 0.717) is 5.76 Å². The average Bonchev–Trinajstić information content (AvgIpc) is 3.05. The number of benzene rings is 1. The van der Waals surface area contributed by atoms with Crippen molar-refractivity contribution in [2.24, 2.45) is 0 Å². The highest BCUT2D eigenvalue weighted by molar-refractivity contribution is 5.91. The van der Waals surface area contributed by atoms with Crippen LogP contribution in [0.5, 0.6) is 0 Å². The van der Waals surface area contributed by atoms with Crippen LogP contribution in [0.25, 0.3) is 0 Å². The van der Waals surface area contributed by atoms with Gasteiger partial charge in [0.05, 0.1) is 12.3 Å². The van der Waals surface area contributed by atoms with Crippen molar-refractivity contribution in [1.29, 1.82) is 0 Å². The first-order valence-corrected chi connectivity index (χ1v) is 7.37. The van der Waals surface area contributed by atoms with Crippen molar-refractivity contribution in [3.05, 3.63) is 72.2 Å². The highest BCUT2D eigenvalue weighted by Gasteiger charge is 2.14. The summed E-state index contributed by atoms with van der Waals surface area (Å²) in [4.78, 5) is 12.1. The van der Waals surface area contributed by atoms with Gasteiger partial charge in [0.1, 0.15) is 0 Å². The maximum atomic E-state index is 12.1. The zero-order chi connectivity index (χ0) is 14.9. The first kappa shape index (κ1) is 15.1. The number of nitrogens with one attached hydrogen (secondary N) is 1. The maximum Gasteiger partial charge on any atom is 0.287 e. The van der Waals surface area contributed by atoms with Crippen molar-refractivity contribution in [2.75, 3.05) is 0 Å². The molecule has 1 N–H and O–H groups in total. The molecule has 1 atom stereocenters. The zero-order valence-corrected chi connectivity index (χ0v) is 12.3. The highest BCUT2D eigenvalue weighted by Crippen LogP contribution is 2.16. The van der Waals surface area contributed by atoms with Gasteiger partial charge < -0.3 is 9.73 Å². The summed E-state index contributed by atoms with van der Waals surface area (Å²) in [7, 11) is 0. The molecule has 0 bridgehead atoms. The van der Waals surface area contributed by atoms with Crippen LogP contribution in [-0.2, 0) is 0 Å². The van der Waals surface area contributed by atoms with Crippen LogP contribution in [0.1, 0.15) is 48.3 Å². The molecule has 3 nitrogen and oxygen atoms in total. The number of allylic oxidation sites excluding steroid dienone is 1. The number of carbonyl (C=O) groups is 1. The van der Waals surface area contributed by atoms with Crippen LogP contribution in [0.3, 0.4) is 0 Å². The van der Waals surface area contributed by atoms with Crippen LogP contribution in [0.4, 0.5) is 0 Å². The van der Waals surface area contributed by atoms with Gasteiger partial charge in [0.15, 0.2) is 5.76 Å². The second-order valence-corrected chi connectivity index (χ2v) is 4.91. The predicted molar refractivity (Wildman–Crippen MR) is 84.0 cm³/mol. The van der Waals surface area contributed by atoms with Crippen LogP contribution < -0.4 is 5.32 Å². The molecule has 0 fully saturated rings. The lowest BCUT2D eigenvalue weighted by molar-refractivity contribution is 0.0916. The molecule has 0 radical (unpaired) electrons. The van der Waals surface area contributed by atoms with Gasteiger partial charge in [-0.2, -0.15) is 0 Å². The Hall–Kier alpha value is -2.29. The molecular weight excluding hydrogens is 262 g/mol. The molecule has 0 aliphatic heterocycles. The van der Waals surface area contributed by atoms with Crippen LogP contribution in [-0.4, -0.2) is 5.91 Å². The van der Waals surface area contributed by atoms with E-state index in [1.165, 1.54) is 12.7 Å². The van der Waals surface area contributed by atoms with Crippen molar-refractivity contribution in [2.45, 2.75) is 32.2 Å². The molecule has 1 aromatic heterocycles. The van der Waals surface area contributed by atoms with E-state index in [-0.39, 0.29) is 11.9 Å². The van der Waals surface area contributed by atoms with E-state index in [9.17, 15) is 4.79 Å². The first-order chi connectivity index (χ1) is 10.3.